The van der Waals surface area contributed by atoms with Crippen molar-refractivity contribution in [3.8, 4) is 5.75 Å². The second kappa shape index (κ2) is 6.60. The highest BCUT2D eigenvalue weighted by Crippen LogP contribution is 2.60. The van der Waals surface area contributed by atoms with Crippen LogP contribution in [-0.4, -0.2) is 30.1 Å². The SMILES string of the molecule is COC(=O)[C@H](Cc1ccc(O)cc1)NC(=O)C12CC3CC(CC(C3)C1)C2. The number of hydrogen-bond acceptors (Lipinski definition) is 4. The predicted molar refractivity (Wildman–Crippen MR) is 96.4 cm³/mol. The van der Waals surface area contributed by atoms with Crippen LogP contribution in [0.5, 0.6) is 5.75 Å². The largest absolute Gasteiger partial charge is 0.508 e. The highest BCUT2D eigenvalue weighted by molar-refractivity contribution is 5.88. The van der Waals surface area contributed by atoms with E-state index in [1.807, 2.05) is 0 Å². The minimum atomic E-state index is -0.690. The van der Waals surface area contributed by atoms with Crippen molar-refractivity contribution in [1.29, 1.82) is 0 Å². The zero-order valence-corrected chi connectivity index (χ0v) is 15.2. The first kappa shape index (κ1) is 17.4. The molecule has 5 nitrogen and oxygen atoms in total. The number of carbonyl (C=O) groups is 2. The lowest BCUT2D eigenvalue weighted by Crippen LogP contribution is -2.56. The fraction of sp³-hybridized carbons (Fsp3) is 0.619. The standard InChI is InChI=1S/C21H27NO4/c1-26-19(24)18(9-13-2-4-17(23)5-3-13)22-20(25)21-10-14-6-15(11-21)8-16(7-14)12-21/h2-5,14-16,18,23H,6-12H2,1H3,(H,22,25)/t14?,15?,16?,18-,21?/m0/s1. The Labute approximate surface area is 154 Å². The highest BCUT2D eigenvalue weighted by Gasteiger charge is 2.54. The van der Waals surface area contributed by atoms with Crippen LogP contribution in [0.4, 0.5) is 0 Å². The van der Waals surface area contributed by atoms with E-state index < -0.39 is 12.0 Å². The highest BCUT2D eigenvalue weighted by atomic mass is 16.5. The summed E-state index contributed by atoms with van der Waals surface area (Å²) in [5.41, 5.74) is 0.597. The van der Waals surface area contributed by atoms with Gasteiger partial charge < -0.3 is 15.2 Å². The van der Waals surface area contributed by atoms with E-state index in [0.717, 1.165) is 24.8 Å². The third-order valence-corrected chi connectivity index (χ3v) is 6.69. The van der Waals surface area contributed by atoms with E-state index in [1.165, 1.54) is 26.4 Å². The number of aromatic hydroxyl groups is 1. The van der Waals surface area contributed by atoms with E-state index in [2.05, 4.69) is 5.32 Å². The van der Waals surface area contributed by atoms with Crippen molar-refractivity contribution in [3.05, 3.63) is 29.8 Å². The van der Waals surface area contributed by atoms with Crippen LogP contribution in [0.3, 0.4) is 0 Å². The third-order valence-electron chi connectivity index (χ3n) is 6.69. The topological polar surface area (TPSA) is 75.6 Å². The van der Waals surface area contributed by atoms with E-state index in [-0.39, 0.29) is 17.1 Å². The van der Waals surface area contributed by atoms with Gasteiger partial charge in [0.1, 0.15) is 11.8 Å². The Bertz CT molecular complexity index is 661. The summed E-state index contributed by atoms with van der Waals surface area (Å²) in [6.07, 6.45) is 7.11. The first-order chi connectivity index (χ1) is 12.5. The van der Waals surface area contributed by atoms with Crippen LogP contribution in [0.1, 0.15) is 44.1 Å². The number of amides is 1. The number of rotatable bonds is 5. The fourth-order valence-electron chi connectivity index (χ4n) is 5.90. The van der Waals surface area contributed by atoms with Gasteiger partial charge in [-0.2, -0.15) is 0 Å². The van der Waals surface area contributed by atoms with Gasteiger partial charge in [-0.1, -0.05) is 12.1 Å². The number of methoxy groups -OCH3 is 1. The molecule has 1 amide bonds. The molecule has 4 aliphatic rings. The normalized spacial score (nSPS) is 32.9. The Hall–Kier alpha value is -2.04. The molecule has 4 fully saturated rings. The van der Waals surface area contributed by atoms with Crippen molar-refractivity contribution in [1.82, 2.24) is 5.32 Å². The molecular formula is C21H27NO4. The van der Waals surface area contributed by atoms with Gasteiger partial charge in [-0.3, -0.25) is 4.79 Å². The van der Waals surface area contributed by atoms with Crippen LogP contribution in [0.15, 0.2) is 24.3 Å². The minimum Gasteiger partial charge on any atom is -0.508 e. The van der Waals surface area contributed by atoms with E-state index in [0.29, 0.717) is 24.2 Å². The van der Waals surface area contributed by atoms with Crippen molar-refractivity contribution < 1.29 is 19.4 Å². The van der Waals surface area contributed by atoms with Gasteiger partial charge in [0.05, 0.1) is 7.11 Å². The number of phenols is 1. The van der Waals surface area contributed by atoms with Crippen molar-refractivity contribution in [2.24, 2.45) is 23.2 Å². The molecule has 140 valence electrons. The molecule has 1 aromatic rings. The smallest absolute Gasteiger partial charge is 0.328 e. The zero-order valence-electron chi connectivity index (χ0n) is 15.2. The maximum atomic E-state index is 13.2. The Morgan fingerprint density at radius 2 is 1.65 bits per heavy atom. The second-order valence-corrected chi connectivity index (χ2v) is 8.62. The number of phenolic OH excluding ortho intramolecular Hbond substituents is 1. The average molecular weight is 357 g/mol. The number of ether oxygens (including phenoxy) is 1. The van der Waals surface area contributed by atoms with Crippen LogP contribution in [0.25, 0.3) is 0 Å². The monoisotopic (exact) mass is 357 g/mol. The molecule has 0 saturated heterocycles. The van der Waals surface area contributed by atoms with Gasteiger partial charge >= 0.3 is 5.97 Å². The van der Waals surface area contributed by atoms with Crippen molar-refractivity contribution >= 4 is 11.9 Å². The lowest BCUT2D eigenvalue weighted by Gasteiger charge is -2.55. The van der Waals surface area contributed by atoms with Crippen LogP contribution in [0.2, 0.25) is 0 Å². The summed E-state index contributed by atoms with van der Waals surface area (Å²) in [5.74, 6) is 1.84. The average Bonchev–Trinajstić information content (AvgIpc) is 2.61. The summed E-state index contributed by atoms with van der Waals surface area (Å²) in [6.45, 7) is 0. The van der Waals surface area contributed by atoms with Crippen LogP contribution in [-0.2, 0) is 20.7 Å². The fourth-order valence-corrected chi connectivity index (χ4v) is 5.90. The third kappa shape index (κ3) is 3.19. The summed E-state index contributed by atoms with van der Waals surface area (Å²) in [7, 11) is 1.35. The summed E-state index contributed by atoms with van der Waals surface area (Å²) in [6, 6.07) is 6.02. The molecule has 0 heterocycles. The van der Waals surface area contributed by atoms with Gasteiger partial charge in [-0.15, -0.1) is 0 Å². The van der Waals surface area contributed by atoms with E-state index in [4.69, 9.17) is 4.74 Å². The molecular weight excluding hydrogens is 330 g/mol. The molecule has 0 radical (unpaired) electrons. The number of hydrogen-bond donors (Lipinski definition) is 2. The number of nitrogens with one attached hydrogen (secondary N) is 1. The van der Waals surface area contributed by atoms with Crippen molar-refractivity contribution in [3.63, 3.8) is 0 Å². The molecule has 26 heavy (non-hydrogen) atoms. The number of esters is 1. The molecule has 5 heteroatoms. The van der Waals surface area contributed by atoms with Gasteiger partial charge in [0, 0.05) is 11.8 Å². The summed E-state index contributed by atoms with van der Waals surface area (Å²) < 4.78 is 4.93. The molecule has 5 rings (SSSR count). The first-order valence-corrected chi connectivity index (χ1v) is 9.64. The molecule has 4 bridgehead atoms. The maximum absolute atomic E-state index is 13.2. The molecule has 2 N–H and O–H groups in total. The van der Waals surface area contributed by atoms with Crippen LogP contribution < -0.4 is 5.32 Å². The molecule has 1 atom stereocenters. The molecule has 0 spiro atoms. The second-order valence-electron chi connectivity index (χ2n) is 8.62. The zero-order chi connectivity index (χ0) is 18.3. The van der Waals surface area contributed by atoms with Gasteiger partial charge in [0.15, 0.2) is 0 Å². The molecule has 0 aliphatic heterocycles. The van der Waals surface area contributed by atoms with Crippen LogP contribution >= 0.6 is 0 Å². The predicted octanol–water partition coefficient (Wildman–Crippen LogP) is 2.81. The summed E-state index contributed by atoms with van der Waals surface area (Å²) in [4.78, 5) is 25.5. The molecule has 0 unspecified atom stereocenters. The summed E-state index contributed by atoms with van der Waals surface area (Å²) in [5, 5.41) is 12.4. The van der Waals surface area contributed by atoms with E-state index >= 15 is 0 Å². The van der Waals surface area contributed by atoms with Crippen molar-refractivity contribution in [2.75, 3.05) is 7.11 Å². The Kier molecular flexibility index (Phi) is 4.41. The van der Waals surface area contributed by atoms with Gasteiger partial charge in [0.25, 0.3) is 0 Å². The minimum absolute atomic E-state index is 0.0331. The van der Waals surface area contributed by atoms with Gasteiger partial charge in [0.2, 0.25) is 5.91 Å². The van der Waals surface area contributed by atoms with Crippen LogP contribution in [0, 0.1) is 23.2 Å². The first-order valence-electron chi connectivity index (χ1n) is 9.64. The number of benzene rings is 1. The summed E-state index contributed by atoms with van der Waals surface area (Å²) >= 11 is 0. The Morgan fingerprint density at radius 1 is 1.12 bits per heavy atom. The van der Waals surface area contributed by atoms with Gasteiger partial charge in [-0.25, -0.2) is 4.79 Å². The molecule has 4 saturated carbocycles. The molecule has 1 aromatic carbocycles. The maximum Gasteiger partial charge on any atom is 0.328 e. The van der Waals surface area contributed by atoms with E-state index in [9.17, 15) is 14.7 Å². The molecule has 0 aromatic heterocycles. The van der Waals surface area contributed by atoms with E-state index in [1.54, 1.807) is 24.3 Å². The Balaban J connectivity index is 1.49. The quantitative estimate of drug-likeness (QED) is 0.795. The van der Waals surface area contributed by atoms with Crippen molar-refractivity contribution in [2.45, 2.75) is 51.0 Å². The van der Waals surface area contributed by atoms with Gasteiger partial charge in [-0.05, 0) is 74.0 Å². The Morgan fingerprint density at radius 3 is 2.15 bits per heavy atom. The molecule has 4 aliphatic carbocycles. The lowest BCUT2D eigenvalue weighted by atomic mass is 9.49. The number of carbonyl (C=O) groups excluding carboxylic acids is 2. The lowest BCUT2D eigenvalue weighted by molar-refractivity contribution is -0.152.